The van der Waals surface area contributed by atoms with E-state index in [9.17, 15) is 22.0 Å². The van der Waals surface area contributed by atoms with Crippen molar-refractivity contribution in [3.63, 3.8) is 0 Å². The van der Waals surface area contributed by atoms with Gasteiger partial charge in [0.15, 0.2) is 6.10 Å². The average molecular weight is 316 g/mol. The third-order valence-corrected chi connectivity index (χ3v) is 4.02. The largest absolute Gasteiger partial charge is 0.455 e. The van der Waals surface area contributed by atoms with Crippen molar-refractivity contribution in [1.82, 2.24) is 0 Å². The first-order valence-corrected chi connectivity index (χ1v) is 7.71. The van der Waals surface area contributed by atoms with E-state index in [2.05, 4.69) is 4.74 Å². The van der Waals surface area contributed by atoms with Crippen LogP contribution in [0.2, 0.25) is 0 Å². The zero-order chi connectivity index (χ0) is 16.4. The summed E-state index contributed by atoms with van der Waals surface area (Å²) in [6.07, 6.45) is -1.14. The van der Waals surface area contributed by atoms with E-state index in [4.69, 9.17) is 4.55 Å². The van der Waals surface area contributed by atoms with Crippen LogP contribution in [0, 0.1) is 11.3 Å². The van der Waals surface area contributed by atoms with Crippen molar-refractivity contribution in [2.75, 3.05) is 0 Å². The summed E-state index contributed by atoms with van der Waals surface area (Å²) in [4.78, 5) is 11.8. The number of hydrogen-bond acceptors (Lipinski definition) is 4. The molecule has 1 N–H and O–H groups in total. The van der Waals surface area contributed by atoms with Gasteiger partial charge in [-0.3, -0.25) is 9.35 Å². The highest BCUT2D eigenvalue weighted by Gasteiger charge is 2.52. The van der Waals surface area contributed by atoms with Crippen LogP contribution in [0.15, 0.2) is 0 Å². The highest BCUT2D eigenvalue weighted by atomic mass is 32.2. The van der Waals surface area contributed by atoms with Gasteiger partial charge in [0.2, 0.25) is 0 Å². The topological polar surface area (TPSA) is 80.7 Å². The standard InChI is InChI=1S/C12H22F2O5S/c1-8(2)6-7-11(4,5)10(15)19-9(3)12(13,14)20(16,17)18/h8-9H,6-7H2,1-5H3,(H,16,17,18). The summed E-state index contributed by atoms with van der Waals surface area (Å²) < 4.78 is 60.6. The van der Waals surface area contributed by atoms with E-state index < -0.39 is 32.9 Å². The fourth-order valence-corrected chi connectivity index (χ4v) is 1.82. The number of ether oxygens (including phenoxy) is 1. The lowest BCUT2D eigenvalue weighted by Crippen LogP contribution is -2.44. The summed E-state index contributed by atoms with van der Waals surface area (Å²) >= 11 is 0. The molecule has 20 heavy (non-hydrogen) atoms. The molecule has 0 spiro atoms. The second-order valence-corrected chi connectivity index (χ2v) is 7.40. The van der Waals surface area contributed by atoms with Crippen molar-refractivity contribution in [3.05, 3.63) is 0 Å². The number of carbonyl (C=O) groups is 1. The first-order valence-electron chi connectivity index (χ1n) is 6.27. The number of rotatable bonds is 7. The van der Waals surface area contributed by atoms with Gasteiger partial charge in [-0.05, 0) is 39.5 Å². The van der Waals surface area contributed by atoms with E-state index in [-0.39, 0.29) is 0 Å². The second-order valence-electron chi connectivity index (χ2n) is 5.90. The third kappa shape index (κ3) is 4.97. The highest BCUT2D eigenvalue weighted by molar-refractivity contribution is 7.86. The van der Waals surface area contributed by atoms with Crippen LogP contribution >= 0.6 is 0 Å². The Balaban J connectivity index is 4.84. The van der Waals surface area contributed by atoms with Gasteiger partial charge in [-0.2, -0.15) is 17.2 Å². The number of esters is 1. The monoisotopic (exact) mass is 316 g/mol. The molecule has 0 aliphatic rings. The van der Waals surface area contributed by atoms with E-state index >= 15 is 0 Å². The fraction of sp³-hybridized carbons (Fsp3) is 0.917. The van der Waals surface area contributed by atoms with E-state index in [0.717, 1.165) is 6.92 Å². The van der Waals surface area contributed by atoms with Gasteiger partial charge in [0, 0.05) is 0 Å². The fourth-order valence-electron chi connectivity index (χ4n) is 1.35. The van der Waals surface area contributed by atoms with Crippen LogP contribution in [0.5, 0.6) is 0 Å². The normalized spacial score (nSPS) is 15.2. The number of hydrogen-bond donors (Lipinski definition) is 1. The van der Waals surface area contributed by atoms with Crippen LogP contribution in [0.25, 0.3) is 0 Å². The molecule has 0 aromatic carbocycles. The van der Waals surface area contributed by atoms with Crippen molar-refractivity contribution in [1.29, 1.82) is 0 Å². The second kappa shape index (κ2) is 6.34. The predicted octanol–water partition coefficient (Wildman–Crippen LogP) is 2.86. The van der Waals surface area contributed by atoms with Crippen molar-refractivity contribution in [2.24, 2.45) is 11.3 Å². The minimum absolute atomic E-state index is 0.332. The Morgan fingerprint density at radius 2 is 1.70 bits per heavy atom. The molecule has 0 saturated carbocycles. The Bertz CT molecular complexity index is 443. The molecule has 0 fully saturated rings. The minimum Gasteiger partial charge on any atom is -0.455 e. The Labute approximate surface area is 118 Å². The lowest BCUT2D eigenvalue weighted by Gasteiger charge is -2.27. The first-order chi connectivity index (χ1) is 8.72. The van der Waals surface area contributed by atoms with E-state index in [1.54, 1.807) is 0 Å². The molecule has 120 valence electrons. The Hall–Kier alpha value is -0.760. The van der Waals surface area contributed by atoms with Crippen LogP contribution in [0.1, 0.15) is 47.5 Å². The maximum Gasteiger partial charge on any atom is 0.405 e. The Morgan fingerprint density at radius 3 is 2.05 bits per heavy atom. The van der Waals surface area contributed by atoms with Crippen molar-refractivity contribution >= 4 is 16.1 Å². The maximum absolute atomic E-state index is 13.3. The van der Waals surface area contributed by atoms with Crippen molar-refractivity contribution in [2.45, 2.75) is 58.8 Å². The summed E-state index contributed by atoms with van der Waals surface area (Å²) in [5.74, 6) is -0.590. The zero-order valence-corrected chi connectivity index (χ0v) is 13.1. The molecule has 0 aliphatic heterocycles. The third-order valence-electron chi connectivity index (χ3n) is 3.00. The van der Waals surface area contributed by atoms with Crippen molar-refractivity contribution in [3.8, 4) is 0 Å². The van der Waals surface area contributed by atoms with Gasteiger partial charge in [-0.1, -0.05) is 13.8 Å². The number of carbonyl (C=O) groups excluding carboxylic acids is 1. The smallest absolute Gasteiger partial charge is 0.405 e. The molecular formula is C12H22F2O5S. The first kappa shape index (κ1) is 19.2. The summed E-state index contributed by atoms with van der Waals surface area (Å²) in [5.41, 5.74) is -1.01. The lowest BCUT2D eigenvalue weighted by atomic mass is 9.85. The van der Waals surface area contributed by atoms with Crippen LogP contribution in [0.4, 0.5) is 8.78 Å². The van der Waals surface area contributed by atoms with Crippen molar-refractivity contribution < 1.29 is 31.3 Å². The van der Waals surface area contributed by atoms with Crippen LogP contribution < -0.4 is 0 Å². The van der Waals surface area contributed by atoms with Crippen LogP contribution in [-0.2, 0) is 19.6 Å². The van der Waals surface area contributed by atoms with Crippen LogP contribution in [-0.4, -0.2) is 30.3 Å². The molecule has 0 rings (SSSR count). The van der Waals surface area contributed by atoms with E-state index in [1.807, 2.05) is 13.8 Å². The predicted molar refractivity (Wildman–Crippen MR) is 69.9 cm³/mol. The van der Waals surface area contributed by atoms with E-state index in [0.29, 0.717) is 18.8 Å². The average Bonchev–Trinajstić information content (AvgIpc) is 2.24. The molecule has 5 nitrogen and oxygen atoms in total. The zero-order valence-electron chi connectivity index (χ0n) is 12.3. The molecule has 0 aliphatic carbocycles. The SMILES string of the molecule is CC(C)CCC(C)(C)C(=O)OC(C)C(F)(F)S(=O)(=O)O. The Morgan fingerprint density at radius 1 is 1.25 bits per heavy atom. The minimum atomic E-state index is -5.63. The van der Waals surface area contributed by atoms with Gasteiger partial charge in [0.1, 0.15) is 0 Å². The molecule has 0 bridgehead atoms. The lowest BCUT2D eigenvalue weighted by molar-refractivity contribution is -0.170. The van der Waals surface area contributed by atoms with Gasteiger partial charge in [-0.15, -0.1) is 0 Å². The molecule has 0 amide bonds. The molecule has 1 atom stereocenters. The van der Waals surface area contributed by atoms with E-state index in [1.165, 1.54) is 13.8 Å². The molecular weight excluding hydrogens is 294 g/mol. The quantitative estimate of drug-likeness (QED) is 0.577. The maximum atomic E-state index is 13.3. The Kier molecular flexibility index (Phi) is 6.10. The number of alkyl halides is 2. The van der Waals surface area contributed by atoms with Gasteiger partial charge in [0.25, 0.3) is 0 Å². The van der Waals surface area contributed by atoms with Crippen LogP contribution in [0.3, 0.4) is 0 Å². The van der Waals surface area contributed by atoms with Gasteiger partial charge in [0.05, 0.1) is 5.41 Å². The number of halogens is 2. The molecule has 0 radical (unpaired) electrons. The summed E-state index contributed by atoms with van der Waals surface area (Å²) in [7, 11) is -5.63. The van der Waals surface area contributed by atoms with Gasteiger partial charge in [-0.25, -0.2) is 0 Å². The highest BCUT2D eigenvalue weighted by Crippen LogP contribution is 2.31. The molecule has 1 unspecified atom stereocenters. The van der Waals surface area contributed by atoms with Gasteiger partial charge >= 0.3 is 21.3 Å². The molecule has 0 aromatic heterocycles. The summed E-state index contributed by atoms with van der Waals surface area (Å²) in [5, 5.41) is -4.53. The van der Waals surface area contributed by atoms with Gasteiger partial charge < -0.3 is 4.74 Å². The summed E-state index contributed by atoms with van der Waals surface area (Å²) in [6.45, 7) is 7.71. The molecule has 8 heteroatoms. The molecule has 0 heterocycles. The summed E-state index contributed by atoms with van der Waals surface area (Å²) in [6, 6.07) is 0. The molecule has 0 saturated heterocycles. The molecule has 0 aromatic rings.